The topological polar surface area (TPSA) is 54.5 Å². The largest absolute Gasteiger partial charge is 0.481 e. The molecule has 1 fully saturated rings. The molecule has 1 N–H and O–H groups in total. The number of hydrogen-bond acceptors (Lipinski definition) is 4. The second-order valence-corrected chi connectivity index (χ2v) is 4.33. The molecule has 0 unspecified atom stereocenters. The highest BCUT2D eigenvalue weighted by atomic mass is 16.5. The summed E-state index contributed by atoms with van der Waals surface area (Å²) in [6.07, 6.45) is 0.947. The van der Waals surface area contributed by atoms with E-state index in [0.29, 0.717) is 11.6 Å². The number of carbonyl (C=O) groups excluding carboxylic acids is 1. The summed E-state index contributed by atoms with van der Waals surface area (Å²) in [4.78, 5) is 18.5. The molecule has 1 aliphatic rings. The molecule has 1 aromatic rings. The highest BCUT2D eigenvalue weighted by Gasteiger charge is 2.26. The number of ether oxygens (including phenoxy) is 1. The molecule has 5 heteroatoms. The van der Waals surface area contributed by atoms with Crippen molar-refractivity contribution in [2.24, 2.45) is 0 Å². The van der Waals surface area contributed by atoms with Gasteiger partial charge in [0, 0.05) is 31.7 Å². The molecule has 1 atom stereocenters. The Bertz CT molecular complexity index is 422. The Kier molecular flexibility index (Phi) is 4.15. The Hall–Kier alpha value is -1.62. The van der Waals surface area contributed by atoms with E-state index in [9.17, 15) is 4.79 Å². The van der Waals surface area contributed by atoms with Crippen LogP contribution in [-0.2, 0) is 0 Å². The van der Waals surface area contributed by atoms with Crippen LogP contribution in [-0.4, -0.2) is 48.6 Å². The molecule has 0 aromatic carbocycles. The third-order valence-corrected chi connectivity index (χ3v) is 3.23. The van der Waals surface area contributed by atoms with Gasteiger partial charge >= 0.3 is 0 Å². The minimum absolute atomic E-state index is 0.0118. The van der Waals surface area contributed by atoms with Crippen molar-refractivity contribution in [3.05, 3.63) is 23.9 Å². The van der Waals surface area contributed by atoms with E-state index in [1.54, 1.807) is 25.3 Å². The number of nitrogens with one attached hydrogen (secondary N) is 1. The van der Waals surface area contributed by atoms with Gasteiger partial charge in [0.1, 0.15) is 5.69 Å². The molecule has 1 saturated heterocycles. The van der Waals surface area contributed by atoms with Gasteiger partial charge < -0.3 is 15.0 Å². The SMILES string of the molecule is CC[C@H]1CNCCN1C(=O)c1cccc(OC)n1. The van der Waals surface area contributed by atoms with Crippen LogP contribution in [0.4, 0.5) is 0 Å². The van der Waals surface area contributed by atoms with Crippen LogP contribution in [0.2, 0.25) is 0 Å². The van der Waals surface area contributed by atoms with Crippen LogP contribution >= 0.6 is 0 Å². The number of piperazine rings is 1. The van der Waals surface area contributed by atoms with Gasteiger partial charge in [-0.2, -0.15) is 0 Å². The van der Waals surface area contributed by atoms with Gasteiger partial charge in [0.05, 0.1) is 7.11 Å². The molecule has 98 valence electrons. The van der Waals surface area contributed by atoms with Gasteiger partial charge in [-0.15, -0.1) is 0 Å². The lowest BCUT2D eigenvalue weighted by molar-refractivity contribution is 0.0624. The van der Waals surface area contributed by atoms with Gasteiger partial charge in [-0.05, 0) is 12.5 Å². The fraction of sp³-hybridized carbons (Fsp3) is 0.538. The normalized spacial score (nSPS) is 19.7. The lowest BCUT2D eigenvalue weighted by Gasteiger charge is -2.35. The average Bonchev–Trinajstić information content (AvgIpc) is 2.46. The molecule has 5 nitrogen and oxygen atoms in total. The zero-order chi connectivity index (χ0) is 13.0. The highest BCUT2D eigenvalue weighted by Crippen LogP contribution is 2.13. The zero-order valence-electron chi connectivity index (χ0n) is 10.8. The van der Waals surface area contributed by atoms with E-state index in [-0.39, 0.29) is 11.9 Å². The van der Waals surface area contributed by atoms with Crippen molar-refractivity contribution < 1.29 is 9.53 Å². The van der Waals surface area contributed by atoms with Crippen molar-refractivity contribution in [3.63, 3.8) is 0 Å². The highest BCUT2D eigenvalue weighted by molar-refractivity contribution is 5.92. The summed E-state index contributed by atoms with van der Waals surface area (Å²) in [5, 5.41) is 3.31. The number of pyridine rings is 1. The fourth-order valence-electron chi connectivity index (χ4n) is 2.19. The minimum atomic E-state index is -0.0118. The maximum absolute atomic E-state index is 12.4. The molecule has 2 heterocycles. The van der Waals surface area contributed by atoms with Crippen molar-refractivity contribution in [1.82, 2.24) is 15.2 Å². The summed E-state index contributed by atoms with van der Waals surface area (Å²) in [5.74, 6) is 0.464. The van der Waals surface area contributed by atoms with E-state index in [0.717, 1.165) is 26.1 Å². The number of rotatable bonds is 3. The summed E-state index contributed by atoms with van der Waals surface area (Å²) < 4.78 is 5.05. The maximum atomic E-state index is 12.4. The van der Waals surface area contributed by atoms with E-state index < -0.39 is 0 Å². The van der Waals surface area contributed by atoms with Gasteiger partial charge in [0.2, 0.25) is 5.88 Å². The van der Waals surface area contributed by atoms with Crippen LogP contribution in [0.1, 0.15) is 23.8 Å². The average molecular weight is 249 g/mol. The number of amides is 1. The fourth-order valence-corrected chi connectivity index (χ4v) is 2.19. The predicted octanol–water partition coefficient (Wildman–Crippen LogP) is 0.914. The molecule has 0 bridgehead atoms. The van der Waals surface area contributed by atoms with E-state index >= 15 is 0 Å². The third-order valence-electron chi connectivity index (χ3n) is 3.23. The van der Waals surface area contributed by atoms with Gasteiger partial charge in [-0.3, -0.25) is 4.79 Å². The Balaban J connectivity index is 2.18. The monoisotopic (exact) mass is 249 g/mol. The molecular formula is C13H19N3O2. The number of methoxy groups -OCH3 is 1. The molecule has 1 aromatic heterocycles. The molecule has 2 rings (SSSR count). The summed E-state index contributed by atoms with van der Waals surface area (Å²) >= 11 is 0. The van der Waals surface area contributed by atoms with E-state index in [1.165, 1.54) is 0 Å². The zero-order valence-corrected chi connectivity index (χ0v) is 10.8. The molecule has 0 aliphatic carbocycles. The molecule has 18 heavy (non-hydrogen) atoms. The number of carbonyl (C=O) groups is 1. The third kappa shape index (κ3) is 2.61. The van der Waals surface area contributed by atoms with Crippen molar-refractivity contribution in [2.75, 3.05) is 26.7 Å². The van der Waals surface area contributed by atoms with E-state index in [1.807, 2.05) is 4.90 Å². The number of aromatic nitrogens is 1. The minimum Gasteiger partial charge on any atom is -0.481 e. The Labute approximate surface area is 107 Å². The summed E-state index contributed by atoms with van der Waals surface area (Å²) in [7, 11) is 1.55. The van der Waals surface area contributed by atoms with Gasteiger partial charge in [0.15, 0.2) is 0 Å². The van der Waals surface area contributed by atoms with Crippen LogP contribution in [0, 0.1) is 0 Å². The standard InChI is InChI=1S/C13H19N3O2/c1-3-10-9-14-7-8-16(10)13(17)11-5-4-6-12(15-11)18-2/h4-6,10,14H,3,7-9H2,1-2H3/t10-/m0/s1. The first-order valence-electron chi connectivity index (χ1n) is 6.29. The first-order chi connectivity index (χ1) is 8.76. The Morgan fingerprint density at radius 3 is 3.17 bits per heavy atom. The summed E-state index contributed by atoms with van der Waals surface area (Å²) in [6, 6.07) is 5.52. The van der Waals surface area contributed by atoms with Crippen molar-refractivity contribution in [3.8, 4) is 5.88 Å². The van der Waals surface area contributed by atoms with E-state index in [4.69, 9.17) is 4.74 Å². The smallest absolute Gasteiger partial charge is 0.272 e. The lowest BCUT2D eigenvalue weighted by Crippen LogP contribution is -2.53. The maximum Gasteiger partial charge on any atom is 0.272 e. The Morgan fingerprint density at radius 1 is 1.61 bits per heavy atom. The van der Waals surface area contributed by atoms with Crippen LogP contribution in [0.15, 0.2) is 18.2 Å². The van der Waals surface area contributed by atoms with Crippen molar-refractivity contribution >= 4 is 5.91 Å². The number of hydrogen-bond donors (Lipinski definition) is 1. The van der Waals surface area contributed by atoms with Gasteiger partial charge in [-0.25, -0.2) is 4.98 Å². The Morgan fingerprint density at radius 2 is 2.44 bits per heavy atom. The molecule has 1 aliphatic heterocycles. The van der Waals surface area contributed by atoms with Crippen molar-refractivity contribution in [2.45, 2.75) is 19.4 Å². The van der Waals surface area contributed by atoms with Gasteiger partial charge in [0.25, 0.3) is 5.91 Å². The van der Waals surface area contributed by atoms with Crippen LogP contribution in [0.25, 0.3) is 0 Å². The molecular weight excluding hydrogens is 230 g/mol. The second kappa shape index (κ2) is 5.82. The van der Waals surface area contributed by atoms with E-state index in [2.05, 4.69) is 17.2 Å². The molecule has 0 radical (unpaired) electrons. The molecule has 0 saturated carbocycles. The van der Waals surface area contributed by atoms with Crippen molar-refractivity contribution in [1.29, 1.82) is 0 Å². The number of nitrogens with zero attached hydrogens (tertiary/aromatic N) is 2. The first-order valence-corrected chi connectivity index (χ1v) is 6.29. The van der Waals surface area contributed by atoms with Crippen LogP contribution < -0.4 is 10.1 Å². The summed E-state index contributed by atoms with van der Waals surface area (Å²) in [6.45, 7) is 4.52. The molecule has 1 amide bonds. The predicted molar refractivity (Wildman–Crippen MR) is 68.8 cm³/mol. The molecule has 0 spiro atoms. The summed E-state index contributed by atoms with van der Waals surface area (Å²) in [5.41, 5.74) is 0.453. The lowest BCUT2D eigenvalue weighted by atomic mass is 10.1. The van der Waals surface area contributed by atoms with Crippen LogP contribution in [0.5, 0.6) is 5.88 Å². The van der Waals surface area contributed by atoms with Gasteiger partial charge in [-0.1, -0.05) is 13.0 Å². The first kappa shape index (κ1) is 12.8. The van der Waals surface area contributed by atoms with Crippen LogP contribution in [0.3, 0.4) is 0 Å². The quantitative estimate of drug-likeness (QED) is 0.865. The second-order valence-electron chi connectivity index (χ2n) is 4.33.